The zero-order valence-corrected chi connectivity index (χ0v) is 9.73. The number of methoxy groups -OCH3 is 1. The third-order valence-corrected chi connectivity index (χ3v) is 2.99. The van der Waals surface area contributed by atoms with Gasteiger partial charge in [-0.2, -0.15) is 5.10 Å². The number of aromatic nitrogens is 2. The molecule has 2 rings (SSSR count). The Kier molecular flexibility index (Phi) is 3.60. The molecule has 1 saturated heterocycles. The van der Waals surface area contributed by atoms with Gasteiger partial charge in [0.25, 0.3) is 0 Å². The van der Waals surface area contributed by atoms with Gasteiger partial charge in [-0.25, -0.2) is 0 Å². The minimum absolute atomic E-state index is 0.0707. The predicted octanol–water partition coefficient (Wildman–Crippen LogP) is -0.499. The van der Waals surface area contributed by atoms with Gasteiger partial charge in [0, 0.05) is 32.6 Å². The number of likely N-dealkylation sites (tertiary alicyclic amines) is 1. The van der Waals surface area contributed by atoms with E-state index < -0.39 is 0 Å². The summed E-state index contributed by atoms with van der Waals surface area (Å²) in [6, 6.07) is 2.06. The van der Waals surface area contributed by atoms with E-state index in [1.165, 1.54) is 0 Å². The highest BCUT2D eigenvalue weighted by Gasteiger charge is 2.34. The highest BCUT2D eigenvalue weighted by atomic mass is 16.5. The molecule has 0 aromatic carbocycles. The molecule has 0 amide bonds. The molecule has 3 N–H and O–H groups in total. The summed E-state index contributed by atoms with van der Waals surface area (Å²) in [5.41, 5.74) is 5.50. The largest absolute Gasteiger partial charge is 0.409 e. The Morgan fingerprint density at radius 1 is 1.65 bits per heavy atom. The molecule has 1 aromatic heterocycles. The molecule has 2 atom stereocenters. The Bertz CT molecular complexity index is 378. The van der Waals surface area contributed by atoms with Crippen LogP contribution in [0.5, 0.6) is 0 Å². The first kappa shape index (κ1) is 11.9. The maximum absolute atomic E-state index is 8.56. The van der Waals surface area contributed by atoms with Crippen LogP contribution >= 0.6 is 0 Å². The number of hydrogen-bond acceptors (Lipinski definition) is 5. The summed E-state index contributed by atoms with van der Waals surface area (Å²) in [7, 11) is 1.69. The predicted molar refractivity (Wildman–Crippen MR) is 61.9 cm³/mol. The average molecular weight is 239 g/mol. The molecule has 17 heavy (non-hydrogen) atoms. The fourth-order valence-electron chi connectivity index (χ4n) is 2.19. The molecule has 7 nitrogen and oxygen atoms in total. The molecule has 94 valence electrons. The number of rotatable bonds is 4. The highest BCUT2D eigenvalue weighted by Crippen LogP contribution is 2.23. The molecule has 0 unspecified atom stereocenters. The molecule has 0 radical (unpaired) electrons. The standard InChI is InChI=1S/C10H17N5O2/c1-17-9-6-14(7-10(11)13-16)5-8(9)15-4-2-3-12-15/h2-4,8-9,16H,5-7H2,1H3,(H2,11,13)/t8-,9-/m0/s1. The van der Waals surface area contributed by atoms with E-state index >= 15 is 0 Å². The minimum Gasteiger partial charge on any atom is -0.409 e. The second-order valence-corrected chi connectivity index (χ2v) is 4.11. The molecule has 1 aliphatic rings. The van der Waals surface area contributed by atoms with Gasteiger partial charge in [-0.15, -0.1) is 0 Å². The van der Waals surface area contributed by atoms with E-state index in [1.54, 1.807) is 13.3 Å². The van der Waals surface area contributed by atoms with E-state index in [4.69, 9.17) is 15.7 Å². The maximum atomic E-state index is 8.56. The minimum atomic E-state index is 0.0707. The van der Waals surface area contributed by atoms with Gasteiger partial charge in [-0.3, -0.25) is 9.58 Å². The summed E-state index contributed by atoms with van der Waals surface area (Å²) < 4.78 is 7.34. The van der Waals surface area contributed by atoms with Crippen LogP contribution in [-0.2, 0) is 4.74 Å². The quantitative estimate of drug-likeness (QED) is 0.320. The van der Waals surface area contributed by atoms with Gasteiger partial charge in [0.15, 0.2) is 5.84 Å². The summed E-state index contributed by atoms with van der Waals surface area (Å²) in [6.45, 7) is 1.96. The summed E-state index contributed by atoms with van der Waals surface area (Å²) in [5.74, 6) is 0.209. The van der Waals surface area contributed by atoms with E-state index in [2.05, 4.69) is 15.2 Å². The first-order valence-electron chi connectivity index (χ1n) is 5.45. The van der Waals surface area contributed by atoms with Crippen molar-refractivity contribution in [2.75, 3.05) is 26.7 Å². The zero-order valence-electron chi connectivity index (χ0n) is 9.73. The lowest BCUT2D eigenvalue weighted by molar-refractivity contribution is 0.0788. The van der Waals surface area contributed by atoms with Crippen molar-refractivity contribution in [2.24, 2.45) is 10.9 Å². The van der Waals surface area contributed by atoms with Crippen molar-refractivity contribution < 1.29 is 9.94 Å². The lowest BCUT2D eigenvalue weighted by Gasteiger charge is -2.16. The SMILES string of the molecule is CO[C@H]1CN(CC(N)=NO)C[C@@H]1n1cccn1. The molecule has 0 aliphatic carbocycles. The van der Waals surface area contributed by atoms with Crippen molar-refractivity contribution in [3.8, 4) is 0 Å². The summed E-state index contributed by atoms with van der Waals surface area (Å²) in [5, 5.41) is 15.8. The number of amidine groups is 1. The van der Waals surface area contributed by atoms with Gasteiger partial charge in [-0.1, -0.05) is 5.16 Å². The topological polar surface area (TPSA) is 88.9 Å². The molecule has 0 bridgehead atoms. The Balaban J connectivity index is 2.04. The number of ether oxygens (including phenoxy) is 1. The van der Waals surface area contributed by atoms with E-state index in [0.717, 1.165) is 13.1 Å². The van der Waals surface area contributed by atoms with E-state index in [-0.39, 0.29) is 18.0 Å². The molecule has 1 fully saturated rings. The molecular weight excluding hydrogens is 222 g/mol. The Morgan fingerprint density at radius 3 is 3.06 bits per heavy atom. The van der Waals surface area contributed by atoms with Crippen molar-refractivity contribution in [3.05, 3.63) is 18.5 Å². The third-order valence-electron chi connectivity index (χ3n) is 2.99. The molecule has 7 heteroatoms. The number of hydrogen-bond donors (Lipinski definition) is 2. The van der Waals surface area contributed by atoms with Crippen molar-refractivity contribution in [1.29, 1.82) is 0 Å². The van der Waals surface area contributed by atoms with Crippen LogP contribution in [0.3, 0.4) is 0 Å². The van der Waals surface area contributed by atoms with E-state index in [0.29, 0.717) is 6.54 Å². The smallest absolute Gasteiger partial charge is 0.153 e. The molecule has 0 spiro atoms. The van der Waals surface area contributed by atoms with Crippen LogP contribution in [0.25, 0.3) is 0 Å². The molecule has 0 saturated carbocycles. The summed E-state index contributed by atoms with van der Waals surface area (Å²) >= 11 is 0. The van der Waals surface area contributed by atoms with Crippen LogP contribution in [0, 0.1) is 0 Å². The van der Waals surface area contributed by atoms with Crippen LogP contribution < -0.4 is 5.73 Å². The summed E-state index contributed by atoms with van der Waals surface area (Å²) in [4.78, 5) is 2.08. The molecule has 2 heterocycles. The second kappa shape index (κ2) is 5.15. The van der Waals surface area contributed by atoms with Crippen molar-refractivity contribution in [3.63, 3.8) is 0 Å². The zero-order chi connectivity index (χ0) is 12.3. The fourth-order valence-corrected chi connectivity index (χ4v) is 2.19. The van der Waals surface area contributed by atoms with E-state index in [9.17, 15) is 0 Å². The maximum Gasteiger partial charge on any atom is 0.153 e. The highest BCUT2D eigenvalue weighted by molar-refractivity contribution is 5.81. The van der Waals surface area contributed by atoms with Crippen LogP contribution in [0.4, 0.5) is 0 Å². The monoisotopic (exact) mass is 239 g/mol. The second-order valence-electron chi connectivity index (χ2n) is 4.11. The molecule has 1 aromatic rings. The van der Waals surface area contributed by atoms with Gasteiger partial charge in [0.05, 0.1) is 18.7 Å². The van der Waals surface area contributed by atoms with Crippen molar-refractivity contribution in [2.45, 2.75) is 12.1 Å². The third kappa shape index (κ3) is 2.56. The van der Waals surface area contributed by atoms with Gasteiger partial charge < -0.3 is 15.7 Å². The van der Waals surface area contributed by atoms with Crippen LogP contribution in [0.2, 0.25) is 0 Å². The van der Waals surface area contributed by atoms with Crippen LogP contribution in [0.1, 0.15) is 6.04 Å². The van der Waals surface area contributed by atoms with Gasteiger partial charge in [0.2, 0.25) is 0 Å². The lowest BCUT2D eigenvalue weighted by Crippen LogP contribution is -2.33. The van der Waals surface area contributed by atoms with Crippen LogP contribution in [-0.4, -0.2) is 58.6 Å². The van der Waals surface area contributed by atoms with Crippen LogP contribution in [0.15, 0.2) is 23.6 Å². The first-order valence-corrected chi connectivity index (χ1v) is 5.45. The Labute approximate surface area is 99.4 Å². The van der Waals surface area contributed by atoms with Gasteiger partial charge >= 0.3 is 0 Å². The lowest BCUT2D eigenvalue weighted by atomic mass is 10.2. The Hall–Kier alpha value is -1.60. The van der Waals surface area contributed by atoms with Gasteiger partial charge in [-0.05, 0) is 6.07 Å². The van der Waals surface area contributed by atoms with Crippen molar-refractivity contribution >= 4 is 5.84 Å². The van der Waals surface area contributed by atoms with Crippen molar-refractivity contribution in [1.82, 2.24) is 14.7 Å². The van der Waals surface area contributed by atoms with E-state index in [1.807, 2.05) is 16.9 Å². The molecule has 1 aliphatic heterocycles. The first-order chi connectivity index (χ1) is 8.24. The number of oxime groups is 1. The summed E-state index contributed by atoms with van der Waals surface area (Å²) in [6.07, 6.45) is 3.74. The average Bonchev–Trinajstić information content (AvgIpc) is 2.96. The Morgan fingerprint density at radius 2 is 2.47 bits per heavy atom. The molecular formula is C10H17N5O2. The number of nitrogens with two attached hydrogens (primary N) is 1. The fraction of sp³-hybridized carbons (Fsp3) is 0.600. The van der Waals surface area contributed by atoms with Gasteiger partial charge in [0.1, 0.15) is 0 Å². The number of nitrogens with zero attached hydrogens (tertiary/aromatic N) is 4. The normalized spacial score (nSPS) is 26.5.